The van der Waals surface area contributed by atoms with Gasteiger partial charge in [0.1, 0.15) is 0 Å². The van der Waals surface area contributed by atoms with E-state index in [9.17, 15) is 35.9 Å². The maximum absolute atomic E-state index is 14.2. The first kappa shape index (κ1) is 30.8. The summed E-state index contributed by atoms with van der Waals surface area (Å²) in [7, 11) is 0. The molecule has 13 heteroatoms. The molecule has 222 valence electrons. The maximum Gasteiger partial charge on any atom is 0.418 e. The zero-order chi connectivity index (χ0) is 29.8. The Hall–Kier alpha value is -3.19. The van der Waals surface area contributed by atoms with Crippen molar-refractivity contribution in [2.75, 3.05) is 44.7 Å². The second kappa shape index (κ2) is 12.8. The Morgan fingerprint density at radius 1 is 0.951 bits per heavy atom. The first-order valence-corrected chi connectivity index (χ1v) is 13.8. The highest BCUT2D eigenvalue weighted by molar-refractivity contribution is 7.99. The standard InChI is InChI=1S/C28H29F6N3O3S/c1-18(38)37-11-7-19(8-12-37)35-20-3-2-4-21(17-20)41-24-6-5-22(23(39)9-10-36-13-15-40-16-14-36)25(27(29,30)31)26(24)28(32,33)34/h2-6,9-10,17,19,35H,7-8,11-16H2,1H3. The number of hydrogen-bond acceptors (Lipinski definition) is 6. The normalized spacial score (nSPS) is 17.2. The molecule has 0 bridgehead atoms. The van der Waals surface area contributed by atoms with Crippen LogP contribution in [-0.4, -0.2) is 66.9 Å². The molecule has 0 radical (unpaired) electrons. The maximum atomic E-state index is 14.2. The van der Waals surface area contributed by atoms with Gasteiger partial charge in [0.05, 0.1) is 24.3 Å². The van der Waals surface area contributed by atoms with Gasteiger partial charge in [-0.15, -0.1) is 0 Å². The van der Waals surface area contributed by atoms with Crippen molar-refractivity contribution in [1.29, 1.82) is 0 Å². The molecule has 0 saturated carbocycles. The van der Waals surface area contributed by atoms with Gasteiger partial charge in [0.25, 0.3) is 0 Å². The van der Waals surface area contributed by atoms with Crippen molar-refractivity contribution >= 4 is 29.1 Å². The molecule has 41 heavy (non-hydrogen) atoms. The lowest BCUT2D eigenvalue weighted by atomic mass is 9.96. The van der Waals surface area contributed by atoms with Gasteiger partial charge in [0, 0.05) is 72.5 Å². The number of ketones is 1. The molecule has 2 heterocycles. The number of anilines is 1. The molecule has 4 rings (SSSR count). The highest BCUT2D eigenvalue weighted by Gasteiger charge is 2.47. The molecule has 6 nitrogen and oxygen atoms in total. The number of rotatable bonds is 7. The highest BCUT2D eigenvalue weighted by Crippen LogP contribution is 2.48. The monoisotopic (exact) mass is 601 g/mol. The topological polar surface area (TPSA) is 61.9 Å². The van der Waals surface area contributed by atoms with Crippen molar-refractivity contribution in [1.82, 2.24) is 9.80 Å². The Kier molecular flexibility index (Phi) is 9.58. The summed E-state index contributed by atoms with van der Waals surface area (Å²) in [5.74, 6) is -1.19. The van der Waals surface area contributed by atoms with Gasteiger partial charge in [0.2, 0.25) is 5.91 Å². The van der Waals surface area contributed by atoms with Gasteiger partial charge < -0.3 is 19.9 Å². The fourth-order valence-electron chi connectivity index (χ4n) is 4.79. The average molecular weight is 602 g/mol. The minimum Gasteiger partial charge on any atom is -0.382 e. The highest BCUT2D eigenvalue weighted by atomic mass is 32.2. The van der Waals surface area contributed by atoms with Crippen LogP contribution in [-0.2, 0) is 21.9 Å². The van der Waals surface area contributed by atoms with Gasteiger partial charge in [-0.2, -0.15) is 26.3 Å². The Morgan fingerprint density at radius 2 is 1.61 bits per heavy atom. The molecule has 0 aromatic heterocycles. The first-order chi connectivity index (χ1) is 19.3. The van der Waals surface area contributed by atoms with E-state index in [-0.39, 0.29) is 11.9 Å². The van der Waals surface area contributed by atoms with Crippen molar-refractivity contribution in [2.45, 2.75) is 48.0 Å². The lowest BCUT2D eigenvalue weighted by molar-refractivity contribution is -0.163. The molecule has 1 amide bonds. The van der Waals surface area contributed by atoms with Crippen LogP contribution in [0.15, 0.2) is 58.5 Å². The molecule has 0 atom stereocenters. The summed E-state index contributed by atoms with van der Waals surface area (Å²) in [6, 6.07) is 8.14. The molecule has 2 aliphatic heterocycles. The zero-order valence-corrected chi connectivity index (χ0v) is 23.0. The molecule has 0 aliphatic carbocycles. The third-order valence-corrected chi connectivity index (χ3v) is 7.90. The Labute approximate surface area is 237 Å². The minimum absolute atomic E-state index is 0.0126. The second-order valence-electron chi connectivity index (χ2n) is 9.74. The van der Waals surface area contributed by atoms with Crippen molar-refractivity contribution in [3.63, 3.8) is 0 Å². The van der Waals surface area contributed by atoms with Crippen molar-refractivity contribution in [3.05, 3.63) is 65.4 Å². The lowest BCUT2D eigenvalue weighted by Crippen LogP contribution is -2.41. The number of likely N-dealkylation sites (tertiary alicyclic amines) is 1. The number of nitrogens with one attached hydrogen (secondary N) is 1. The van der Waals surface area contributed by atoms with Gasteiger partial charge in [-0.3, -0.25) is 9.59 Å². The molecule has 2 fully saturated rings. The third-order valence-electron chi connectivity index (χ3n) is 6.85. The van der Waals surface area contributed by atoms with Gasteiger partial charge in [-0.25, -0.2) is 0 Å². The lowest BCUT2D eigenvalue weighted by Gasteiger charge is -2.32. The summed E-state index contributed by atoms with van der Waals surface area (Å²) >= 11 is 0.544. The predicted molar refractivity (Wildman–Crippen MR) is 142 cm³/mol. The number of alkyl halides is 6. The number of morpholine rings is 1. The number of carbonyl (C=O) groups is 2. The number of benzene rings is 2. The van der Waals surface area contributed by atoms with Crippen LogP contribution >= 0.6 is 11.8 Å². The van der Waals surface area contributed by atoms with E-state index >= 15 is 0 Å². The number of amides is 1. The molecule has 2 aromatic rings. The average Bonchev–Trinajstić information content (AvgIpc) is 2.91. The Balaban J connectivity index is 1.61. The Bertz CT molecular complexity index is 1280. The van der Waals surface area contributed by atoms with Crippen molar-refractivity contribution in [3.8, 4) is 0 Å². The van der Waals surface area contributed by atoms with E-state index < -0.39 is 39.7 Å². The van der Waals surface area contributed by atoms with Crippen molar-refractivity contribution < 1.29 is 40.7 Å². The molecular formula is C28H29F6N3O3S. The second-order valence-corrected chi connectivity index (χ2v) is 10.9. The number of nitrogens with zero attached hydrogens (tertiary/aromatic N) is 2. The predicted octanol–water partition coefficient (Wildman–Crippen LogP) is 6.33. The van der Waals surface area contributed by atoms with E-state index in [0.29, 0.717) is 74.6 Å². The summed E-state index contributed by atoms with van der Waals surface area (Å²) in [5, 5.41) is 3.29. The molecular weight excluding hydrogens is 572 g/mol. The summed E-state index contributed by atoms with van der Waals surface area (Å²) in [6.45, 7) is 4.19. The van der Waals surface area contributed by atoms with Crippen LogP contribution in [0.1, 0.15) is 41.3 Å². The number of hydrogen-bond donors (Lipinski definition) is 1. The van der Waals surface area contributed by atoms with E-state index in [1.165, 1.54) is 19.2 Å². The number of carbonyl (C=O) groups excluding carboxylic acids is 2. The fourth-order valence-corrected chi connectivity index (χ4v) is 5.83. The number of halogens is 6. The molecule has 1 N–H and O–H groups in total. The van der Waals surface area contributed by atoms with E-state index in [2.05, 4.69) is 5.32 Å². The largest absolute Gasteiger partial charge is 0.418 e. The van der Waals surface area contributed by atoms with Crippen LogP contribution in [0.25, 0.3) is 0 Å². The number of ether oxygens (including phenoxy) is 1. The van der Waals surface area contributed by atoms with Crippen molar-refractivity contribution in [2.24, 2.45) is 0 Å². The van der Waals surface area contributed by atoms with E-state index in [4.69, 9.17) is 4.74 Å². The van der Waals surface area contributed by atoms with Gasteiger partial charge in [-0.1, -0.05) is 17.8 Å². The van der Waals surface area contributed by atoms with E-state index in [1.54, 1.807) is 28.0 Å². The van der Waals surface area contributed by atoms with Crippen LogP contribution in [0, 0.1) is 0 Å². The quantitative estimate of drug-likeness (QED) is 0.228. The molecule has 2 saturated heterocycles. The zero-order valence-electron chi connectivity index (χ0n) is 22.1. The SMILES string of the molecule is CC(=O)N1CCC(Nc2cccc(Sc3ccc(C(=O)C=CN4CCOCC4)c(C(F)(F)F)c3C(F)(F)F)c2)CC1. The Morgan fingerprint density at radius 3 is 2.22 bits per heavy atom. The molecule has 0 unspecified atom stereocenters. The van der Waals surface area contributed by atoms with E-state index in [1.807, 2.05) is 0 Å². The summed E-state index contributed by atoms with van der Waals surface area (Å²) in [5.41, 5.74) is -4.36. The van der Waals surface area contributed by atoms with Gasteiger partial charge in [0.15, 0.2) is 5.78 Å². The van der Waals surface area contributed by atoms with Crippen LogP contribution in [0.5, 0.6) is 0 Å². The van der Waals surface area contributed by atoms with Crippen LogP contribution < -0.4 is 5.32 Å². The third kappa shape index (κ3) is 7.97. The summed E-state index contributed by atoms with van der Waals surface area (Å²) in [6.07, 6.45) is -7.31. The minimum atomic E-state index is -5.43. The first-order valence-electron chi connectivity index (χ1n) is 13.0. The van der Waals surface area contributed by atoms with Gasteiger partial charge >= 0.3 is 12.4 Å². The van der Waals surface area contributed by atoms with Crippen LogP contribution in [0.3, 0.4) is 0 Å². The number of piperidine rings is 1. The van der Waals surface area contributed by atoms with Crippen LogP contribution in [0.4, 0.5) is 32.0 Å². The van der Waals surface area contributed by atoms with Gasteiger partial charge in [-0.05, 0) is 43.2 Å². The van der Waals surface area contributed by atoms with Crippen LogP contribution in [0.2, 0.25) is 0 Å². The summed E-state index contributed by atoms with van der Waals surface area (Å²) < 4.78 is 90.4. The molecule has 2 aromatic carbocycles. The van der Waals surface area contributed by atoms with E-state index in [0.717, 1.165) is 18.2 Å². The smallest absolute Gasteiger partial charge is 0.382 e. The molecule has 2 aliphatic rings. The molecule has 0 spiro atoms. The summed E-state index contributed by atoms with van der Waals surface area (Å²) in [4.78, 5) is 27.3. The fraction of sp³-hybridized carbons (Fsp3) is 0.429. The number of allylic oxidation sites excluding steroid dienone is 1.